The number of rotatable bonds is 2. The summed E-state index contributed by atoms with van der Waals surface area (Å²) in [6, 6.07) is 6.39. The van der Waals surface area contributed by atoms with E-state index in [9.17, 15) is 0 Å². The predicted octanol–water partition coefficient (Wildman–Crippen LogP) is 3.23. The third-order valence-corrected chi connectivity index (χ3v) is 4.85. The number of hydrogen-bond donors (Lipinski definition) is 0. The molecule has 1 unspecified atom stereocenters. The monoisotopic (exact) mass is 322 g/mol. The fourth-order valence-corrected chi connectivity index (χ4v) is 3.57. The van der Waals surface area contributed by atoms with Crippen LogP contribution in [0.3, 0.4) is 0 Å². The molecule has 4 rings (SSSR count). The van der Waals surface area contributed by atoms with Crippen LogP contribution in [0.1, 0.15) is 49.9 Å². The van der Waals surface area contributed by atoms with Crippen LogP contribution in [0.25, 0.3) is 10.9 Å². The Labute approximate surface area is 141 Å². The van der Waals surface area contributed by atoms with Gasteiger partial charge in [-0.3, -0.25) is 0 Å². The Morgan fingerprint density at radius 2 is 1.96 bits per heavy atom. The summed E-state index contributed by atoms with van der Waals surface area (Å²) in [5.41, 5.74) is 2.19. The second-order valence-corrected chi connectivity index (χ2v) is 6.76. The van der Waals surface area contributed by atoms with E-state index in [1.165, 1.54) is 5.56 Å². The van der Waals surface area contributed by atoms with Crippen LogP contribution < -0.4 is 4.90 Å². The fraction of sp³-hybridized carbons (Fsp3) is 0.444. The van der Waals surface area contributed by atoms with Crippen LogP contribution in [0.15, 0.2) is 24.5 Å². The number of para-hydroxylation sites is 1. The second-order valence-electron chi connectivity index (χ2n) is 6.76. The number of benzene rings is 1. The lowest BCUT2D eigenvalue weighted by atomic mass is 10.1. The van der Waals surface area contributed by atoms with Gasteiger partial charge in [0.05, 0.1) is 11.6 Å². The minimum absolute atomic E-state index is 0.136. The zero-order valence-corrected chi connectivity index (χ0v) is 14.6. The van der Waals surface area contributed by atoms with Crippen LogP contribution in [0, 0.1) is 6.92 Å². The van der Waals surface area contributed by atoms with Crippen molar-refractivity contribution in [1.29, 1.82) is 0 Å². The van der Waals surface area contributed by atoms with Crippen molar-refractivity contribution in [3.8, 4) is 0 Å². The Balaban J connectivity index is 1.80. The molecule has 3 aromatic rings. The summed E-state index contributed by atoms with van der Waals surface area (Å²) in [4.78, 5) is 11.4. The van der Waals surface area contributed by atoms with Crippen molar-refractivity contribution in [3.63, 3.8) is 0 Å². The van der Waals surface area contributed by atoms with Crippen LogP contribution in [0.2, 0.25) is 0 Å². The zero-order chi connectivity index (χ0) is 16.8. The van der Waals surface area contributed by atoms with Crippen molar-refractivity contribution < 1.29 is 0 Å². The van der Waals surface area contributed by atoms with E-state index in [1.807, 2.05) is 0 Å². The molecule has 124 valence electrons. The van der Waals surface area contributed by atoms with Gasteiger partial charge in [0.15, 0.2) is 5.82 Å². The van der Waals surface area contributed by atoms with Gasteiger partial charge in [0.1, 0.15) is 18.0 Å². The van der Waals surface area contributed by atoms with Crippen LogP contribution in [-0.4, -0.2) is 31.3 Å². The van der Waals surface area contributed by atoms with Gasteiger partial charge in [-0.15, -0.1) is 10.2 Å². The van der Waals surface area contributed by atoms with E-state index in [0.717, 1.165) is 41.5 Å². The van der Waals surface area contributed by atoms with Crippen molar-refractivity contribution in [2.75, 3.05) is 11.4 Å². The normalized spacial score (nSPS) is 17.5. The maximum atomic E-state index is 4.59. The molecule has 0 saturated heterocycles. The third kappa shape index (κ3) is 2.17. The summed E-state index contributed by atoms with van der Waals surface area (Å²) in [5, 5.41) is 9.96. The molecule has 6 nitrogen and oxygen atoms in total. The van der Waals surface area contributed by atoms with Crippen molar-refractivity contribution in [3.05, 3.63) is 41.7 Å². The minimum Gasteiger partial charge on any atom is -0.344 e. The molecule has 0 bridgehead atoms. The first-order valence-electron chi connectivity index (χ1n) is 8.48. The summed E-state index contributed by atoms with van der Waals surface area (Å²) in [5.74, 6) is 3.45. The maximum absolute atomic E-state index is 4.59. The van der Waals surface area contributed by atoms with Crippen molar-refractivity contribution in [1.82, 2.24) is 24.7 Å². The van der Waals surface area contributed by atoms with Crippen LogP contribution in [0.4, 0.5) is 5.82 Å². The van der Waals surface area contributed by atoms with E-state index in [4.69, 9.17) is 0 Å². The first-order chi connectivity index (χ1) is 11.6. The maximum Gasteiger partial charge on any atom is 0.155 e. The van der Waals surface area contributed by atoms with Gasteiger partial charge >= 0.3 is 0 Å². The number of aromatic nitrogens is 5. The number of aryl methyl sites for hydroxylation is 1. The Bertz CT molecular complexity index is 898. The van der Waals surface area contributed by atoms with Gasteiger partial charge in [0.25, 0.3) is 0 Å². The molecule has 24 heavy (non-hydrogen) atoms. The smallest absolute Gasteiger partial charge is 0.155 e. The summed E-state index contributed by atoms with van der Waals surface area (Å²) < 4.78 is 2.26. The van der Waals surface area contributed by atoms with E-state index in [1.54, 1.807) is 6.33 Å². The molecule has 0 aliphatic carbocycles. The highest BCUT2D eigenvalue weighted by atomic mass is 15.4. The molecule has 1 aliphatic heterocycles. The predicted molar refractivity (Wildman–Crippen MR) is 94.1 cm³/mol. The van der Waals surface area contributed by atoms with Crippen LogP contribution in [-0.2, 0) is 6.54 Å². The molecule has 0 fully saturated rings. The molecule has 0 radical (unpaired) electrons. The Morgan fingerprint density at radius 1 is 1.12 bits per heavy atom. The van der Waals surface area contributed by atoms with Gasteiger partial charge in [0, 0.05) is 24.4 Å². The zero-order valence-electron chi connectivity index (χ0n) is 14.6. The van der Waals surface area contributed by atoms with E-state index in [0.29, 0.717) is 5.92 Å². The van der Waals surface area contributed by atoms with Gasteiger partial charge in [-0.1, -0.05) is 26.0 Å². The van der Waals surface area contributed by atoms with Crippen LogP contribution in [0.5, 0.6) is 0 Å². The average molecular weight is 322 g/mol. The summed E-state index contributed by atoms with van der Waals surface area (Å²) in [6.45, 7) is 10.4. The first-order valence-corrected chi connectivity index (χ1v) is 8.48. The molecule has 1 atom stereocenters. The number of fused-ring (bicyclic) bond motifs is 2. The molecule has 0 amide bonds. The van der Waals surface area contributed by atoms with Gasteiger partial charge in [-0.2, -0.15) is 0 Å². The standard InChI is InChI=1S/C18H22N6/c1-11(2)16-21-22-17-13(4)23(8-9-24(16)17)18-14-7-5-6-12(3)15(14)19-10-20-18/h5-7,10-11,13H,8-9H2,1-4H3. The molecule has 0 saturated carbocycles. The van der Waals surface area contributed by atoms with E-state index in [-0.39, 0.29) is 6.04 Å². The van der Waals surface area contributed by atoms with Gasteiger partial charge in [-0.25, -0.2) is 9.97 Å². The molecular weight excluding hydrogens is 300 g/mol. The molecule has 6 heteroatoms. The summed E-state index contributed by atoms with van der Waals surface area (Å²) >= 11 is 0. The Morgan fingerprint density at radius 3 is 2.75 bits per heavy atom. The summed E-state index contributed by atoms with van der Waals surface area (Å²) in [6.07, 6.45) is 1.66. The van der Waals surface area contributed by atoms with E-state index >= 15 is 0 Å². The van der Waals surface area contributed by atoms with Crippen molar-refractivity contribution >= 4 is 16.7 Å². The molecule has 3 heterocycles. The van der Waals surface area contributed by atoms with Crippen molar-refractivity contribution in [2.24, 2.45) is 0 Å². The molecule has 1 aromatic carbocycles. The molecule has 2 aromatic heterocycles. The topological polar surface area (TPSA) is 59.7 Å². The van der Waals surface area contributed by atoms with Gasteiger partial charge in [-0.05, 0) is 25.5 Å². The Hall–Kier alpha value is -2.50. The number of nitrogens with zero attached hydrogens (tertiary/aromatic N) is 6. The second kappa shape index (κ2) is 5.54. The Kier molecular flexibility index (Phi) is 3.48. The number of hydrogen-bond acceptors (Lipinski definition) is 5. The minimum atomic E-state index is 0.136. The van der Waals surface area contributed by atoms with Crippen molar-refractivity contribution in [2.45, 2.75) is 46.2 Å². The highest BCUT2D eigenvalue weighted by molar-refractivity contribution is 5.91. The molecular formula is C18H22N6. The van der Waals surface area contributed by atoms with Gasteiger partial charge < -0.3 is 9.47 Å². The quantitative estimate of drug-likeness (QED) is 0.725. The summed E-state index contributed by atoms with van der Waals surface area (Å²) in [7, 11) is 0. The fourth-order valence-electron chi connectivity index (χ4n) is 3.57. The van der Waals surface area contributed by atoms with E-state index < -0.39 is 0 Å². The largest absolute Gasteiger partial charge is 0.344 e. The lowest BCUT2D eigenvalue weighted by molar-refractivity contribution is 0.478. The lowest BCUT2D eigenvalue weighted by Crippen LogP contribution is -2.38. The molecule has 0 N–H and O–H groups in total. The molecule has 0 spiro atoms. The highest BCUT2D eigenvalue weighted by Gasteiger charge is 2.30. The molecule has 1 aliphatic rings. The van der Waals surface area contributed by atoms with E-state index in [2.05, 4.69) is 75.5 Å². The SMILES string of the molecule is Cc1cccc2c(N3CCn4c(C(C)C)nnc4C3C)ncnc12. The average Bonchev–Trinajstić information content (AvgIpc) is 3.01. The lowest BCUT2D eigenvalue weighted by Gasteiger charge is -2.35. The highest BCUT2D eigenvalue weighted by Crippen LogP contribution is 2.33. The van der Waals surface area contributed by atoms with Crippen LogP contribution >= 0.6 is 0 Å². The van der Waals surface area contributed by atoms with Gasteiger partial charge in [0.2, 0.25) is 0 Å². The number of anilines is 1. The third-order valence-electron chi connectivity index (χ3n) is 4.85. The first kappa shape index (κ1) is 15.1.